The fourth-order valence-corrected chi connectivity index (χ4v) is 6.63. The Morgan fingerprint density at radius 2 is 1.92 bits per heavy atom. The zero-order valence-electron chi connectivity index (χ0n) is 22.4. The number of aliphatic hydroxyl groups is 1. The minimum absolute atomic E-state index is 0.00554. The van der Waals surface area contributed by atoms with Gasteiger partial charge in [0, 0.05) is 38.8 Å². The predicted octanol–water partition coefficient (Wildman–Crippen LogP) is 2.76. The maximum atomic E-state index is 14.2. The van der Waals surface area contributed by atoms with Crippen LogP contribution in [0.5, 0.6) is 0 Å². The summed E-state index contributed by atoms with van der Waals surface area (Å²) in [6, 6.07) is -0.774. The smallest absolute Gasteiger partial charge is 0.248 e. The van der Waals surface area contributed by atoms with Crippen LogP contribution < -0.4 is 0 Å². The van der Waals surface area contributed by atoms with E-state index < -0.39 is 23.5 Å². The highest BCUT2D eigenvalue weighted by molar-refractivity contribution is 5.99. The first-order chi connectivity index (χ1) is 17.3. The Hall–Kier alpha value is -2.19. The molecule has 3 aliphatic rings. The van der Waals surface area contributed by atoms with Gasteiger partial charge in [0.2, 0.25) is 17.7 Å². The lowest BCUT2D eigenvalue weighted by Crippen LogP contribution is -2.58. The third kappa shape index (κ3) is 4.99. The van der Waals surface area contributed by atoms with E-state index in [1.807, 2.05) is 18.7 Å². The average Bonchev–Trinajstić information content (AvgIpc) is 3.49. The molecule has 3 rings (SSSR count). The first kappa shape index (κ1) is 28.4. The monoisotopic (exact) mass is 503 g/mol. The van der Waals surface area contributed by atoms with Crippen LogP contribution in [0.2, 0.25) is 0 Å². The molecule has 0 saturated carbocycles. The van der Waals surface area contributed by atoms with Crippen molar-refractivity contribution in [2.75, 3.05) is 32.8 Å². The van der Waals surface area contributed by atoms with Gasteiger partial charge in [0.1, 0.15) is 11.6 Å². The Kier molecular flexibility index (Phi) is 9.75. The summed E-state index contributed by atoms with van der Waals surface area (Å²) in [4.78, 5) is 47.2. The summed E-state index contributed by atoms with van der Waals surface area (Å²) in [6.45, 7) is 15.6. The first-order valence-electron chi connectivity index (χ1n) is 13.7. The van der Waals surface area contributed by atoms with Crippen molar-refractivity contribution in [3.8, 4) is 0 Å². The van der Waals surface area contributed by atoms with Gasteiger partial charge in [-0.25, -0.2) is 0 Å². The maximum Gasteiger partial charge on any atom is 0.248 e. The zero-order chi connectivity index (χ0) is 26.5. The molecule has 3 saturated heterocycles. The number of aliphatic hydroxyl groups excluding tert-OH is 1. The molecule has 0 aliphatic carbocycles. The van der Waals surface area contributed by atoms with Crippen LogP contribution in [0.4, 0.5) is 0 Å². The second-order valence-corrected chi connectivity index (χ2v) is 10.5. The van der Waals surface area contributed by atoms with E-state index in [-0.39, 0.29) is 36.5 Å². The SMILES string of the molecule is C=CCN(CCC)C(=O)[C@@H]1[C@@H]2CCC3(O2)C(C(=O)N(CC=C)C(C)CCC)N(CCCCO)C(=O)[C@H]13. The summed E-state index contributed by atoms with van der Waals surface area (Å²) in [5.74, 6) is -1.61. The number of ether oxygens (including phenoxy) is 1. The molecule has 1 spiro atoms. The van der Waals surface area contributed by atoms with Crippen molar-refractivity contribution in [3.05, 3.63) is 25.3 Å². The van der Waals surface area contributed by atoms with Crippen molar-refractivity contribution in [2.24, 2.45) is 11.8 Å². The molecule has 1 N–H and O–H groups in total. The van der Waals surface area contributed by atoms with E-state index >= 15 is 0 Å². The van der Waals surface area contributed by atoms with E-state index in [0.717, 1.165) is 19.3 Å². The molecule has 2 bridgehead atoms. The molecule has 8 nitrogen and oxygen atoms in total. The molecule has 202 valence electrons. The van der Waals surface area contributed by atoms with E-state index in [0.29, 0.717) is 51.9 Å². The molecule has 3 fully saturated rings. The highest BCUT2D eigenvalue weighted by Gasteiger charge is 2.74. The number of likely N-dealkylation sites (tertiary alicyclic amines) is 1. The largest absolute Gasteiger partial charge is 0.396 e. The van der Waals surface area contributed by atoms with Crippen molar-refractivity contribution in [1.82, 2.24) is 14.7 Å². The molecule has 0 aromatic carbocycles. The average molecular weight is 504 g/mol. The minimum atomic E-state index is -0.990. The molecule has 36 heavy (non-hydrogen) atoms. The van der Waals surface area contributed by atoms with Gasteiger partial charge in [-0.2, -0.15) is 0 Å². The Morgan fingerprint density at radius 1 is 1.19 bits per heavy atom. The van der Waals surface area contributed by atoms with Gasteiger partial charge in [0.25, 0.3) is 0 Å². The molecule has 3 unspecified atom stereocenters. The Labute approximate surface area is 216 Å². The third-order valence-electron chi connectivity index (χ3n) is 8.13. The summed E-state index contributed by atoms with van der Waals surface area (Å²) in [5.41, 5.74) is -0.990. The first-order valence-corrected chi connectivity index (χ1v) is 13.7. The number of hydrogen-bond donors (Lipinski definition) is 1. The molecule has 3 aliphatic heterocycles. The van der Waals surface area contributed by atoms with E-state index in [1.165, 1.54) is 0 Å². The zero-order valence-corrected chi connectivity index (χ0v) is 22.4. The molecule has 6 atom stereocenters. The number of carbonyl (C=O) groups is 3. The van der Waals surface area contributed by atoms with Crippen LogP contribution in [0.15, 0.2) is 25.3 Å². The van der Waals surface area contributed by atoms with Crippen LogP contribution in [0.1, 0.15) is 65.7 Å². The summed E-state index contributed by atoms with van der Waals surface area (Å²) >= 11 is 0. The number of carbonyl (C=O) groups excluding carboxylic acids is 3. The lowest BCUT2D eigenvalue weighted by molar-refractivity contribution is -0.150. The van der Waals surface area contributed by atoms with Crippen LogP contribution >= 0.6 is 0 Å². The van der Waals surface area contributed by atoms with Gasteiger partial charge in [-0.05, 0) is 45.4 Å². The van der Waals surface area contributed by atoms with Gasteiger partial charge in [-0.3, -0.25) is 14.4 Å². The van der Waals surface area contributed by atoms with Crippen LogP contribution in [0.25, 0.3) is 0 Å². The number of nitrogens with zero attached hydrogens (tertiary/aromatic N) is 3. The molecule has 3 amide bonds. The van der Waals surface area contributed by atoms with Gasteiger partial charge >= 0.3 is 0 Å². The van der Waals surface area contributed by atoms with Gasteiger partial charge in [0.15, 0.2) is 0 Å². The lowest BCUT2D eigenvalue weighted by Gasteiger charge is -2.39. The van der Waals surface area contributed by atoms with Crippen molar-refractivity contribution in [3.63, 3.8) is 0 Å². The van der Waals surface area contributed by atoms with Crippen molar-refractivity contribution in [1.29, 1.82) is 0 Å². The third-order valence-corrected chi connectivity index (χ3v) is 8.13. The summed E-state index contributed by atoms with van der Waals surface area (Å²) in [5, 5.41) is 9.34. The van der Waals surface area contributed by atoms with Crippen LogP contribution in [0, 0.1) is 11.8 Å². The summed E-state index contributed by atoms with van der Waals surface area (Å²) in [6.07, 6.45) is 8.05. The summed E-state index contributed by atoms with van der Waals surface area (Å²) in [7, 11) is 0. The summed E-state index contributed by atoms with van der Waals surface area (Å²) < 4.78 is 6.57. The Morgan fingerprint density at radius 3 is 2.53 bits per heavy atom. The number of rotatable bonds is 15. The fraction of sp³-hybridized carbons (Fsp3) is 0.750. The topological polar surface area (TPSA) is 90.4 Å². The number of unbranched alkanes of at least 4 members (excludes halogenated alkanes) is 1. The van der Waals surface area contributed by atoms with Crippen molar-refractivity contribution >= 4 is 17.7 Å². The minimum Gasteiger partial charge on any atom is -0.396 e. The molecule has 0 aromatic rings. The van der Waals surface area contributed by atoms with Crippen LogP contribution in [-0.4, -0.2) is 94.1 Å². The quantitative estimate of drug-likeness (QED) is 0.274. The van der Waals surface area contributed by atoms with Gasteiger partial charge in [-0.15, -0.1) is 13.2 Å². The van der Waals surface area contributed by atoms with Crippen molar-refractivity contribution < 1.29 is 24.2 Å². The van der Waals surface area contributed by atoms with E-state index in [9.17, 15) is 19.5 Å². The standard InChI is InChI=1S/C28H45N3O5/c1-6-12-20(5)30(17-9-4)27(35)24-28-14-13-21(36-28)22(25(33)29(15-7-2)16-8-3)23(28)26(34)31(24)18-10-11-19-32/h7,9,20-24,32H,2,4,6,8,10-19H2,1,3,5H3/t20?,21-,22+,23-,24?,28?/m0/s1. The molecule has 3 heterocycles. The van der Waals surface area contributed by atoms with Crippen LogP contribution in [0.3, 0.4) is 0 Å². The molecule has 8 heteroatoms. The fourth-order valence-electron chi connectivity index (χ4n) is 6.63. The number of hydrogen-bond acceptors (Lipinski definition) is 5. The highest BCUT2D eigenvalue weighted by atomic mass is 16.5. The number of amides is 3. The molecule has 0 radical (unpaired) electrons. The molecular formula is C28H45N3O5. The molecule has 0 aromatic heterocycles. The maximum absolute atomic E-state index is 14.2. The van der Waals surface area contributed by atoms with Crippen LogP contribution in [-0.2, 0) is 19.1 Å². The van der Waals surface area contributed by atoms with E-state index in [1.54, 1.807) is 22.0 Å². The highest BCUT2D eigenvalue weighted by Crippen LogP contribution is 2.59. The second-order valence-electron chi connectivity index (χ2n) is 10.5. The number of fused-ring (bicyclic) bond motifs is 1. The normalized spacial score (nSPS) is 29.2. The predicted molar refractivity (Wildman–Crippen MR) is 139 cm³/mol. The van der Waals surface area contributed by atoms with E-state index in [4.69, 9.17) is 4.74 Å². The molecular weight excluding hydrogens is 458 g/mol. The van der Waals surface area contributed by atoms with Crippen molar-refractivity contribution in [2.45, 2.75) is 89.5 Å². The Bertz CT molecular complexity index is 832. The Balaban J connectivity index is 2.01. The van der Waals surface area contributed by atoms with Gasteiger partial charge in [0.05, 0.1) is 17.9 Å². The van der Waals surface area contributed by atoms with Gasteiger partial charge < -0.3 is 24.5 Å². The second kappa shape index (κ2) is 12.4. The van der Waals surface area contributed by atoms with Gasteiger partial charge in [-0.1, -0.05) is 32.4 Å². The lowest BCUT2D eigenvalue weighted by atomic mass is 9.70. The van der Waals surface area contributed by atoms with E-state index in [2.05, 4.69) is 20.1 Å².